The second kappa shape index (κ2) is 5.55. The van der Waals surface area contributed by atoms with E-state index in [-0.39, 0.29) is 18.3 Å². The number of pyridine rings is 1. The van der Waals surface area contributed by atoms with Gasteiger partial charge in [0.2, 0.25) is 0 Å². The van der Waals surface area contributed by atoms with Crippen LogP contribution in [0.4, 0.5) is 4.39 Å². The Kier molecular flexibility index (Phi) is 3.83. The standard InChI is InChI=1S/C14H14FNO/c15-14-4-2-1-3-13(14)12(10-17)9-11-5-7-16-8-6-11/h1-8,12,17H,9-10H2. The van der Waals surface area contributed by atoms with Crippen molar-refractivity contribution in [3.05, 3.63) is 65.7 Å². The van der Waals surface area contributed by atoms with E-state index in [0.717, 1.165) is 5.56 Å². The largest absolute Gasteiger partial charge is 0.396 e. The third kappa shape index (κ3) is 2.88. The molecule has 1 heterocycles. The monoisotopic (exact) mass is 231 g/mol. The van der Waals surface area contributed by atoms with Crippen LogP contribution in [0.25, 0.3) is 0 Å². The highest BCUT2D eigenvalue weighted by molar-refractivity contribution is 5.24. The Morgan fingerprint density at radius 3 is 2.47 bits per heavy atom. The van der Waals surface area contributed by atoms with Crippen LogP contribution >= 0.6 is 0 Å². The van der Waals surface area contributed by atoms with Gasteiger partial charge in [-0.25, -0.2) is 4.39 Å². The van der Waals surface area contributed by atoms with Gasteiger partial charge in [-0.3, -0.25) is 4.98 Å². The van der Waals surface area contributed by atoms with Crippen LogP contribution in [0.2, 0.25) is 0 Å². The van der Waals surface area contributed by atoms with Crippen molar-refractivity contribution in [2.45, 2.75) is 12.3 Å². The minimum absolute atomic E-state index is 0.0662. The van der Waals surface area contributed by atoms with Gasteiger partial charge in [0.05, 0.1) is 6.61 Å². The number of hydrogen-bond acceptors (Lipinski definition) is 2. The maximum Gasteiger partial charge on any atom is 0.126 e. The molecule has 17 heavy (non-hydrogen) atoms. The summed E-state index contributed by atoms with van der Waals surface area (Å²) in [6.45, 7) is -0.0662. The number of rotatable bonds is 4. The SMILES string of the molecule is OCC(Cc1ccncc1)c1ccccc1F. The van der Waals surface area contributed by atoms with Crippen molar-refractivity contribution in [2.24, 2.45) is 0 Å². The van der Waals surface area contributed by atoms with Crippen molar-refractivity contribution in [1.29, 1.82) is 0 Å². The summed E-state index contributed by atoms with van der Waals surface area (Å²) in [6, 6.07) is 10.3. The number of nitrogens with zero attached hydrogens (tertiary/aromatic N) is 1. The molecule has 1 atom stereocenters. The number of halogens is 1. The minimum Gasteiger partial charge on any atom is -0.396 e. The summed E-state index contributed by atoms with van der Waals surface area (Å²) in [5.74, 6) is -0.473. The molecular formula is C14H14FNO. The van der Waals surface area contributed by atoms with E-state index in [1.165, 1.54) is 6.07 Å². The quantitative estimate of drug-likeness (QED) is 0.877. The van der Waals surface area contributed by atoms with Crippen molar-refractivity contribution < 1.29 is 9.50 Å². The number of benzene rings is 1. The average molecular weight is 231 g/mol. The smallest absolute Gasteiger partial charge is 0.126 e. The van der Waals surface area contributed by atoms with Crippen molar-refractivity contribution in [2.75, 3.05) is 6.61 Å². The zero-order valence-corrected chi connectivity index (χ0v) is 9.38. The molecule has 0 aliphatic heterocycles. The van der Waals surface area contributed by atoms with Gasteiger partial charge >= 0.3 is 0 Å². The van der Waals surface area contributed by atoms with Crippen LogP contribution in [0, 0.1) is 5.82 Å². The molecule has 3 heteroatoms. The molecule has 0 aliphatic rings. The van der Waals surface area contributed by atoms with Gasteiger partial charge in [0.15, 0.2) is 0 Å². The normalized spacial score (nSPS) is 12.4. The molecule has 0 saturated heterocycles. The number of aliphatic hydroxyl groups excluding tert-OH is 1. The van der Waals surface area contributed by atoms with Crippen LogP contribution in [0.15, 0.2) is 48.8 Å². The maximum absolute atomic E-state index is 13.6. The Morgan fingerprint density at radius 1 is 1.12 bits per heavy atom. The molecule has 0 radical (unpaired) electrons. The molecule has 2 rings (SSSR count). The lowest BCUT2D eigenvalue weighted by Crippen LogP contribution is -2.09. The molecule has 1 aromatic heterocycles. The lowest BCUT2D eigenvalue weighted by atomic mass is 9.93. The summed E-state index contributed by atoms with van der Waals surface area (Å²) >= 11 is 0. The fourth-order valence-corrected chi connectivity index (χ4v) is 1.88. The predicted octanol–water partition coefficient (Wildman–Crippen LogP) is 2.54. The average Bonchev–Trinajstić information content (AvgIpc) is 2.38. The van der Waals surface area contributed by atoms with E-state index in [4.69, 9.17) is 0 Å². The zero-order valence-electron chi connectivity index (χ0n) is 9.38. The molecule has 1 aromatic carbocycles. The van der Waals surface area contributed by atoms with E-state index in [1.54, 1.807) is 30.6 Å². The van der Waals surface area contributed by atoms with Crippen LogP contribution in [0.5, 0.6) is 0 Å². The molecule has 0 spiro atoms. The van der Waals surface area contributed by atoms with Crippen molar-refractivity contribution in [3.8, 4) is 0 Å². The van der Waals surface area contributed by atoms with Crippen molar-refractivity contribution in [1.82, 2.24) is 4.98 Å². The lowest BCUT2D eigenvalue weighted by molar-refractivity contribution is 0.261. The predicted molar refractivity (Wildman–Crippen MR) is 64.2 cm³/mol. The van der Waals surface area contributed by atoms with Gasteiger partial charge in [0, 0.05) is 18.3 Å². The Labute approximate surface area is 99.8 Å². The zero-order chi connectivity index (χ0) is 12.1. The van der Waals surface area contributed by atoms with Gasteiger partial charge < -0.3 is 5.11 Å². The van der Waals surface area contributed by atoms with Gasteiger partial charge in [0.25, 0.3) is 0 Å². The molecule has 88 valence electrons. The molecule has 1 N–H and O–H groups in total. The van der Waals surface area contributed by atoms with Gasteiger partial charge in [-0.15, -0.1) is 0 Å². The van der Waals surface area contributed by atoms with Gasteiger partial charge in [0.1, 0.15) is 5.82 Å². The Hall–Kier alpha value is -1.74. The van der Waals surface area contributed by atoms with E-state index >= 15 is 0 Å². The molecular weight excluding hydrogens is 217 g/mol. The highest BCUT2D eigenvalue weighted by Gasteiger charge is 2.14. The maximum atomic E-state index is 13.6. The summed E-state index contributed by atoms with van der Waals surface area (Å²) < 4.78 is 13.6. The van der Waals surface area contributed by atoms with Crippen LogP contribution < -0.4 is 0 Å². The van der Waals surface area contributed by atoms with Gasteiger partial charge in [-0.2, -0.15) is 0 Å². The molecule has 0 amide bonds. The fourth-order valence-electron chi connectivity index (χ4n) is 1.88. The first-order chi connectivity index (χ1) is 8.31. The van der Waals surface area contributed by atoms with E-state index in [1.807, 2.05) is 12.1 Å². The Morgan fingerprint density at radius 2 is 1.82 bits per heavy atom. The molecule has 1 unspecified atom stereocenters. The van der Waals surface area contributed by atoms with Crippen molar-refractivity contribution >= 4 is 0 Å². The molecule has 0 fully saturated rings. The summed E-state index contributed by atoms with van der Waals surface area (Å²) in [5.41, 5.74) is 1.61. The summed E-state index contributed by atoms with van der Waals surface area (Å²) in [6.07, 6.45) is 4.01. The van der Waals surface area contributed by atoms with Crippen LogP contribution in [-0.2, 0) is 6.42 Å². The van der Waals surface area contributed by atoms with E-state index in [2.05, 4.69) is 4.98 Å². The molecule has 2 aromatic rings. The fraction of sp³-hybridized carbons (Fsp3) is 0.214. The third-order valence-electron chi connectivity index (χ3n) is 2.80. The second-order valence-electron chi connectivity index (χ2n) is 3.96. The Balaban J connectivity index is 2.21. The first kappa shape index (κ1) is 11.7. The van der Waals surface area contributed by atoms with E-state index < -0.39 is 0 Å². The summed E-state index contributed by atoms with van der Waals surface area (Å²) in [5, 5.41) is 9.38. The minimum atomic E-state index is -0.263. The number of hydrogen-bond donors (Lipinski definition) is 1. The summed E-state index contributed by atoms with van der Waals surface area (Å²) in [4.78, 5) is 3.93. The first-order valence-corrected chi connectivity index (χ1v) is 5.55. The lowest BCUT2D eigenvalue weighted by Gasteiger charge is -2.15. The number of aliphatic hydroxyl groups is 1. The highest BCUT2D eigenvalue weighted by atomic mass is 19.1. The second-order valence-corrected chi connectivity index (χ2v) is 3.96. The topological polar surface area (TPSA) is 33.1 Å². The van der Waals surface area contributed by atoms with Crippen LogP contribution in [-0.4, -0.2) is 16.7 Å². The Bertz CT molecular complexity index is 473. The number of aromatic nitrogens is 1. The van der Waals surface area contributed by atoms with Crippen LogP contribution in [0.1, 0.15) is 17.0 Å². The van der Waals surface area contributed by atoms with Gasteiger partial charge in [-0.1, -0.05) is 18.2 Å². The first-order valence-electron chi connectivity index (χ1n) is 5.55. The van der Waals surface area contributed by atoms with Crippen LogP contribution in [0.3, 0.4) is 0 Å². The highest BCUT2D eigenvalue weighted by Crippen LogP contribution is 2.22. The van der Waals surface area contributed by atoms with Gasteiger partial charge in [-0.05, 0) is 35.7 Å². The van der Waals surface area contributed by atoms with E-state index in [9.17, 15) is 9.50 Å². The van der Waals surface area contributed by atoms with E-state index in [0.29, 0.717) is 12.0 Å². The molecule has 2 nitrogen and oxygen atoms in total. The molecule has 0 bridgehead atoms. The summed E-state index contributed by atoms with van der Waals surface area (Å²) in [7, 11) is 0. The molecule has 0 saturated carbocycles. The van der Waals surface area contributed by atoms with Crippen molar-refractivity contribution in [3.63, 3.8) is 0 Å². The molecule has 0 aliphatic carbocycles. The third-order valence-corrected chi connectivity index (χ3v) is 2.80.